The summed E-state index contributed by atoms with van der Waals surface area (Å²) in [5, 5.41) is 5.38. The molecular formula is C14H12ClN3O2. The molecule has 102 valence electrons. The fourth-order valence-electron chi connectivity index (χ4n) is 1.51. The maximum absolute atomic E-state index is 11.7. The Morgan fingerprint density at radius 1 is 1.10 bits per heavy atom. The summed E-state index contributed by atoms with van der Waals surface area (Å²) in [7, 11) is 0. The van der Waals surface area contributed by atoms with Gasteiger partial charge in [0.15, 0.2) is 5.82 Å². The van der Waals surface area contributed by atoms with Gasteiger partial charge in [0.05, 0.1) is 11.6 Å². The minimum atomic E-state index is -0.394. The Bertz CT molecular complexity index is 617. The van der Waals surface area contributed by atoms with Gasteiger partial charge < -0.3 is 10.6 Å². The van der Waals surface area contributed by atoms with E-state index in [0.29, 0.717) is 10.6 Å². The number of nitrogens with one attached hydrogen (secondary N) is 2. The van der Waals surface area contributed by atoms with Crippen LogP contribution in [0.4, 0.5) is 5.82 Å². The second kappa shape index (κ2) is 6.68. The largest absolute Gasteiger partial charge is 0.343 e. The van der Waals surface area contributed by atoms with Crippen LogP contribution in [0.5, 0.6) is 0 Å². The number of rotatable bonds is 4. The van der Waals surface area contributed by atoms with E-state index in [9.17, 15) is 9.59 Å². The molecule has 0 unspecified atom stereocenters. The quantitative estimate of drug-likeness (QED) is 0.905. The number of hydrogen-bond acceptors (Lipinski definition) is 3. The molecule has 1 aromatic heterocycles. The van der Waals surface area contributed by atoms with E-state index in [1.54, 1.807) is 36.4 Å². The molecule has 0 aliphatic carbocycles. The average molecular weight is 290 g/mol. The van der Waals surface area contributed by atoms with Gasteiger partial charge in [0.1, 0.15) is 0 Å². The van der Waals surface area contributed by atoms with Crippen molar-refractivity contribution in [2.24, 2.45) is 0 Å². The maximum atomic E-state index is 11.7. The van der Waals surface area contributed by atoms with Crippen LogP contribution in [0.1, 0.15) is 10.4 Å². The highest BCUT2D eigenvalue weighted by molar-refractivity contribution is 6.33. The SMILES string of the molecule is O=C(CNC(=O)c1ccccc1)Nc1ncccc1Cl. The van der Waals surface area contributed by atoms with Crippen LogP contribution in [-0.4, -0.2) is 23.3 Å². The number of pyridine rings is 1. The minimum Gasteiger partial charge on any atom is -0.343 e. The van der Waals surface area contributed by atoms with Gasteiger partial charge in [-0.25, -0.2) is 4.98 Å². The Morgan fingerprint density at radius 3 is 2.55 bits per heavy atom. The van der Waals surface area contributed by atoms with E-state index < -0.39 is 5.91 Å². The molecule has 20 heavy (non-hydrogen) atoms. The van der Waals surface area contributed by atoms with Crippen molar-refractivity contribution in [3.63, 3.8) is 0 Å². The van der Waals surface area contributed by atoms with Crippen molar-refractivity contribution in [2.75, 3.05) is 11.9 Å². The van der Waals surface area contributed by atoms with Crippen LogP contribution in [0.15, 0.2) is 48.7 Å². The van der Waals surface area contributed by atoms with E-state index in [1.165, 1.54) is 6.20 Å². The van der Waals surface area contributed by atoms with Crippen LogP contribution in [-0.2, 0) is 4.79 Å². The highest BCUT2D eigenvalue weighted by Crippen LogP contribution is 2.16. The Morgan fingerprint density at radius 2 is 1.85 bits per heavy atom. The zero-order valence-electron chi connectivity index (χ0n) is 10.5. The number of carbonyl (C=O) groups excluding carboxylic acids is 2. The van der Waals surface area contributed by atoms with Crippen molar-refractivity contribution in [3.8, 4) is 0 Å². The van der Waals surface area contributed by atoms with Crippen molar-refractivity contribution in [3.05, 3.63) is 59.2 Å². The van der Waals surface area contributed by atoms with E-state index in [1.807, 2.05) is 6.07 Å². The molecule has 2 aromatic rings. The minimum absolute atomic E-state index is 0.152. The first-order chi connectivity index (χ1) is 9.66. The molecule has 0 bridgehead atoms. The Hall–Kier alpha value is -2.40. The van der Waals surface area contributed by atoms with Gasteiger partial charge in [0.25, 0.3) is 5.91 Å². The Kier molecular flexibility index (Phi) is 4.68. The number of benzene rings is 1. The lowest BCUT2D eigenvalue weighted by Gasteiger charge is -2.07. The summed E-state index contributed by atoms with van der Waals surface area (Å²) in [5.74, 6) is -0.434. The lowest BCUT2D eigenvalue weighted by molar-refractivity contribution is -0.115. The molecular weight excluding hydrogens is 278 g/mol. The number of carbonyl (C=O) groups is 2. The number of anilines is 1. The normalized spacial score (nSPS) is 9.85. The van der Waals surface area contributed by atoms with Crippen LogP contribution in [0.2, 0.25) is 5.02 Å². The van der Waals surface area contributed by atoms with Gasteiger partial charge in [-0.05, 0) is 24.3 Å². The molecule has 2 amide bonds. The molecule has 1 aromatic carbocycles. The molecule has 2 rings (SSSR count). The van der Waals surface area contributed by atoms with Crippen LogP contribution < -0.4 is 10.6 Å². The first kappa shape index (κ1) is 14.0. The molecule has 0 saturated heterocycles. The number of halogens is 1. The predicted molar refractivity (Wildman–Crippen MR) is 76.7 cm³/mol. The van der Waals surface area contributed by atoms with Crippen molar-refractivity contribution < 1.29 is 9.59 Å². The summed E-state index contributed by atoms with van der Waals surface area (Å²) in [6.45, 7) is -0.152. The third-order valence-corrected chi connectivity index (χ3v) is 2.77. The summed E-state index contributed by atoms with van der Waals surface area (Å²) in [6, 6.07) is 11.9. The van der Waals surface area contributed by atoms with E-state index >= 15 is 0 Å². The molecule has 6 heteroatoms. The second-order valence-electron chi connectivity index (χ2n) is 3.93. The monoisotopic (exact) mass is 289 g/mol. The summed E-state index contributed by atoms with van der Waals surface area (Å²) in [6.07, 6.45) is 1.52. The molecule has 0 fully saturated rings. The van der Waals surface area contributed by atoms with Crippen LogP contribution >= 0.6 is 11.6 Å². The summed E-state index contributed by atoms with van der Waals surface area (Å²) in [5.41, 5.74) is 0.496. The molecule has 0 radical (unpaired) electrons. The van der Waals surface area contributed by atoms with E-state index in [-0.39, 0.29) is 18.3 Å². The van der Waals surface area contributed by atoms with Crippen molar-refractivity contribution in [1.82, 2.24) is 10.3 Å². The molecule has 0 atom stereocenters. The van der Waals surface area contributed by atoms with Gasteiger partial charge >= 0.3 is 0 Å². The van der Waals surface area contributed by atoms with Gasteiger partial charge in [-0.2, -0.15) is 0 Å². The lowest BCUT2D eigenvalue weighted by Crippen LogP contribution is -2.33. The summed E-state index contributed by atoms with van der Waals surface area (Å²) in [4.78, 5) is 27.3. The van der Waals surface area contributed by atoms with Gasteiger partial charge in [0.2, 0.25) is 5.91 Å². The maximum Gasteiger partial charge on any atom is 0.251 e. The van der Waals surface area contributed by atoms with E-state index in [4.69, 9.17) is 11.6 Å². The predicted octanol–water partition coefficient (Wildman–Crippen LogP) is 2.10. The first-order valence-corrected chi connectivity index (χ1v) is 6.28. The summed E-state index contributed by atoms with van der Waals surface area (Å²) >= 11 is 5.86. The molecule has 0 spiro atoms. The standard InChI is InChI=1S/C14H12ClN3O2/c15-11-7-4-8-16-13(11)18-12(19)9-17-14(20)10-5-2-1-3-6-10/h1-8H,9H2,(H,17,20)(H,16,18,19). The van der Waals surface area contributed by atoms with Crippen molar-refractivity contribution >= 4 is 29.2 Å². The van der Waals surface area contributed by atoms with Crippen molar-refractivity contribution in [1.29, 1.82) is 0 Å². The van der Waals surface area contributed by atoms with E-state index in [2.05, 4.69) is 15.6 Å². The number of hydrogen-bond donors (Lipinski definition) is 2. The van der Waals surface area contributed by atoms with Gasteiger partial charge in [-0.3, -0.25) is 9.59 Å². The molecule has 0 aliphatic rings. The Balaban J connectivity index is 1.87. The highest BCUT2D eigenvalue weighted by Gasteiger charge is 2.09. The average Bonchev–Trinajstić information content (AvgIpc) is 2.48. The molecule has 5 nitrogen and oxygen atoms in total. The number of amides is 2. The van der Waals surface area contributed by atoms with Gasteiger partial charge in [-0.1, -0.05) is 29.8 Å². The topological polar surface area (TPSA) is 71.1 Å². The number of aromatic nitrogens is 1. The highest BCUT2D eigenvalue weighted by atomic mass is 35.5. The zero-order chi connectivity index (χ0) is 14.4. The zero-order valence-corrected chi connectivity index (χ0v) is 11.2. The molecule has 0 aliphatic heterocycles. The smallest absolute Gasteiger partial charge is 0.251 e. The second-order valence-corrected chi connectivity index (χ2v) is 4.34. The molecule has 0 saturated carbocycles. The fourth-order valence-corrected chi connectivity index (χ4v) is 1.67. The van der Waals surface area contributed by atoms with Crippen molar-refractivity contribution in [2.45, 2.75) is 0 Å². The fraction of sp³-hybridized carbons (Fsp3) is 0.0714. The molecule has 1 heterocycles. The number of nitrogens with zero attached hydrogens (tertiary/aromatic N) is 1. The third kappa shape index (κ3) is 3.80. The van der Waals surface area contributed by atoms with E-state index in [0.717, 1.165) is 0 Å². The van der Waals surface area contributed by atoms with Gasteiger partial charge in [0, 0.05) is 11.8 Å². The summed E-state index contributed by atoms with van der Waals surface area (Å²) < 4.78 is 0. The first-order valence-electron chi connectivity index (χ1n) is 5.90. The molecule has 2 N–H and O–H groups in total. The van der Waals surface area contributed by atoms with Crippen LogP contribution in [0.3, 0.4) is 0 Å². The third-order valence-electron chi connectivity index (χ3n) is 2.46. The lowest BCUT2D eigenvalue weighted by atomic mass is 10.2. The van der Waals surface area contributed by atoms with Crippen LogP contribution in [0, 0.1) is 0 Å². The Labute approximate surface area is 121 Å². The van der Waals surface area contributed by atoms with Crippen LogP contribution in [0.25, 0.3) is 0 Å². The van der Waals surface area contributed by atoms with Gasteiger partial charge in [-0.15, -0.1) is 0 Å².